The smallest absolute Gasteiger partial charge is 0.468 e. The van der Waals surface area contributed by atoms with Gasteiger partial charge >= 0.3 is 24.1 Å². The molecular weight excluding hydrogens is 506 g/mol. The van der Waals surface area contributed by atoms with Crippen LogP contribution in [0.15, 0.2) is 18.2 Å². The van der Waals surface area contributed by atoms with E-state index >= 15 is 0 Å². The lowest BCUT2D eigenvalue weighted by Gasteiger charge is -2.22. The second kappa shape index (κ2) is 14.9. The normalized spacial score (nSPS) is 13.3. The fraction of sp³-hybridized carbons (Fsp3) is 0.655. The maximum Gasteiger partial charge on any atom is 0.508 e. The van der Waals surface area contributed by atoms with E-state index in [1.807, 2.05) is 13.8 Å². The minimum atomic E-state index is -0.802. The molecule has 10 nitrogen and oxygen atoms in total. The highest BCUT2D eigenvalue weighted by Crippen LogP contribution is 2.33. The highest BCUT2D eigenvalue weighted by molar-refractivity contribution is 5.81. The predicted molar refractivity (Wildman–Crippen MR) is 145 cm³/mol. The first-order valence-corrected chi connectivity index (χ1v) is 13.2. The average Bonchev–Trinajstić information content (AvgIpc) is 2.81. The van der Waals surface area contributed by atoms with Crippen molar-refractivity contribution in [3.8, 4) is 11.5 Å². The highest BCUT2D eigenvalue weighted by atomic mass is 16.7. The third-order valence-corrected chi connectivity index (χ3v) is 5.43. The zero-order valence-corrected chi connectivity index (χ0v) is 25.0. The Morgan fingerprint density at radius 3 is 1.95 bits per heavy atom. The molecule has 0 bridgehead atoms. The molecule has 0 saturated heterocycles. The molecule has 0 amide bonds. The summed E-state index contributed by atoms with van der Waals surface area (Å²) in [5.74, 6) is -0.977. The maximum atomic E-state index is 12.6. The first-order valence-electron chi connectivity index (χ1n) is 13.2. The van der Waals surface area contributed by atoms with Crippen molar-refractivity contribution in [2.45, 2.75) is 87.3 Å². The second-order valence-corrected chi connectivity index (χ2v) is 12.0. The summed E-state index contributed by atoms with van der Waals surface area (Å²) in [6.07, 6.45) is -0.462. The Hall–Kier alpha value is -3.14. The lowest BCUT2D eigenvalue weighted by Crippen LogP contribution is -2.43. The number of rotatable bonds is 12. The minimum absolute atomic E-state index is 0.0643. The van der Waals surface area contributed by atoms with Crippen LogP contribution in [0, 0.1) is 16.7 Å². The second-order valence-electron chi connectivity index (χ2n) is 12.0. The molecule has 0 aliphatic rings. The van der Waals surface area contributed by atoms with Gasteiger partial charge in [-0.2, -0.15) is 0 Å². The van der Waals surface area contributed by atoms with Gasteiger partial charge in [-0.25, -0.2) is 4.79 Å². The number of nitrogens with one attached hydrogen (secondary N) is 1. The van der Waals surface area contributed by atoms with Crippen LogP contribution in [-0.4, -0.2) is 56.5 Å². The van der Waals surface area contributed by atoms with Crippen molar-refractivity contribution in [1.29, 1.82) is 0 Å². The molecule has 1 unspecified atom stereocenters. The number of methoxy groups -OCH3 is 1. The van der Waals surface area contributed by atoms with Gasteiger partial charge < -0.3 is 29.0 Å². The third kappa shape index (κ3) is 12.5. The van der Waals surface area contributed by atoms with E-state index in [2.05, 4.69) is 5.32 Å². The molecule has 1 N–H and O–H groups in total. The molecule has 0 aromatic heterocycles. The Morgan fingerprint density at radius 1 is 0.872 bits per heavy atom. The molecule has 1 aromatic carbocycles. The molecular formula is C29H45NO9. The van der Waals surface area contributed by atoms with Crippen molar-refractivity contribution in [2.75, 3.05) is 20.3 Å². The zero-order chi connectivity index (χ0) is 30.0. The van der Waals surface area contributed by atoms with Gasteiger partial charge in [0.2, 0.25) is 0 Å². The van der Waals surface area contributed by atoms with Gasteiger partial charge in [0, 0.05) is 6.54 Å². The standard InChI is InChI=1S/C29H45NO9/c1-18(2)13-14-36-27(34)37-19(3)17-30-21(24(31)35-10)15-20-11-12-22(38-25(32)28(4,5)6)23(16-20)39-26(33)29(7,8)9/h11-12,16,18-19,21,30H,13-15,17H2,1-10H3/t19?,21-/m0/s1. The molecule has 0 radical (unpaired) electrons. The van der Waals surface area contributed by atoms with Crippen LogP contribution < -0.4 is 14.8 Å². The Labute approximate surface area is 232 Å². The summed E-state index contributed by atoms with van der Waals surface area (Å²) in [7, 11) is 1.27. The molecule has 0 spiro atoms. The molecule has 2 atom stereocenters. The topological polar surface area (TPSA) is 126 Å². The summed E-state index contributed by atoms with van der Waals surface area (Å²) in [5.41, 5.74) is -0.959. The van der Waals surface area contributed by atoms with E-state index in [-0.39, 0.29) is 31.1 Å². The van der Waals surface area contributed by atoms with Crippen LogP contribution in [0.1, 0.15) is 74.3 Å². The van der Waals surface area contributed by atoms with Crippen LogP contribution in [0.3, 0.4) is 0 Å². The first-order chi connectivity index (χ1) is 17.9. The quantitative estimate of drug-likeness (QED) is 0.284. The van der Waals surface area contributed by atoms with Gasteiger partial charge in [0.15, 0.2) is 11.5 Å². The van der Waals surface area contributed by atoms with Crippen molar-refractivity contribution in [1.82, 2.24) is 5.32 Å². The number of esters is 3. The van der Waals surface area contributed by atoms with Gasteiger partial charge in [-0.05, 0) is 84.9 Å². The first kappa shape index (κ1) is 33.9. The Morgan fingerprint density at radius 2 is 1.44 bits per heavy atom. The number of hydrogen-bond acceptors (Lipinski definition) is 10. The van der Waals surface area contributed by atoms with Crippen LogP contribution >= 0.6 is 0 Å². The van der Waals surface area contributed by atoms with Gasteiger partial charge in [0.05, 0.1) is 24.5 Å². The number of carbonyl (C=O) groups is 4. The molecule has 0 saturated carbocycles. The molecule has 1 aromatic rings. The van der Waals surface area contributed by atoms with E-state index in [1.165, 1.54) is 13.2 Å². The fourth-order valence-corrected chi connectivity index (χ4v) is 2.89. The Balaban J connectivity index is 3.04. The van der Waals surface area contributed by atoms with Crippen molar-refractivity contribution < 1.29 is 42.9 Å². The highest BCUT2D eigenvalue weighted by Gasteiger charge is 2.29. The number of carbonyl (C=O) groups excluding carboxylic acids is 4. The summed E-state index contributed by atoms with van der Waals surface area (Å²) in [5, 5.41) is 3.05. The molecule has 1 rings (SSSR count). The summed E-state index contributed by atoms with van der Waals surface area (Å²) < 4.78 is 26.4. The molecule has 39 heavy (non-hydrogen) atoms. The Bertz CT molecular complexity index is 989. The number of benzene rings is 1. The largest absolute Gasteiger partial charge is 0.508 e. The molecule has 0 aliphatic carbocycles. The fourth-order valence-electron chi connectivity index (χ4n) is 2.89. The summed E-state index contributed by atoms with van der Waals surface area (Å²) in [6.45, 7) is 16.4. The lowest BCUT2D eigenvalue weighted by atomic mass is 9.97. The summed E-state index contributed by atoms with van der Waals surface area (Å²) in [6, 6.07) is 3.95. The van der Waals surface area contributed by atoms with Crippen molar-refractivity contribution in [3.63, 3.8) is 0 Å². The van der Waals surface area contributed by atoms with Crippen LogP contribution in [-0.2, 0) is 35.0 Å². The number of hydrogen-bond donors (Lipinski definition) is 1. The molecule has 220 valence electrons. The lowest BCUT2D eigenvalue weighted by molar-refractivity contribution is -0.145. The summed E-state index contributed by atoms with van der Waals surface area (Å²) in [4.78, 5) is 49.5. The van der Waals surface area contributed by atoms with Gasteiger partial charge in [-0.15, -0.1) is 0 Å². The van der Waals surface area contributed by atoms with Crippen molar-refractivity contribution in [3.05, 3.63) is 23.8 Å². The van der Waals surface area contributed by atoms with E-state index in [4.69, 9.17) is 23.7 Å². The van der Waals surface area contributed by atoms with E-state index in [0.29, 0.717) is 11.5 Å². The maximum absolute atomic E-state index is 12.6. The minimum Gasteiger partial charge on any atom is -0.468 e. The van der Waals surface area contributed by atoms with Gasteiger partial charge in [-0.3, -0.25) is 14.4 Å². The molecule has 10 heteroatoms. The number of ether oxygens (including phenoxy) is 5. The monoisotopic (exact) mass is 551 g/mol. The van der Waals surface area contributed by atoms with Crippen LogP contribution in [0.25, 0.3) is 0 Å². The SMILES string of the molecule is COC(=O)[C@H](Cc1ccc(OC(=O)C(C)(C)C)c(OC(=O)C(C)(C)C)c1)NCC(C)OC(=O)OCCC(C)C. The van der Waals surface area contributed by atoms with Gasteiger partial charge in [0.25, 0.3) is 0 Å². The average molecular weight is 552 g/mol. The zero-order valence-electron chi connectivity index (χ0n) is 25.0. The van der Waals surface area contributed by atoms with Crippen LogP contribution in [0.2, 0.25) is 0 Å². The van der Waals surface area contributed by atoms with E-state index in [0.717, 1.165) is 6.42 Å². The third-order valence-electron chi connectivity index (χ3n) is 5.43. The predicted octanol–water partition coefficient (Wildman–Crippen LogP) is 4.85. The van der Waals surface area contributed by atoms with Crippen LogP contribution in [0.5, 0.6) is 11.5 Å². The van der Waals surface area contributed by atoms with E-state index < -0.39 is 47.0 Å². The summed E-state index contributed by atoms with van der Waals surface area (Å²) >= 11 is 0. The van der Waals surface area contributed by atoms with E-state index in [9.17, 15) is 19.2 Å². The molecule has 0 aliphatic heterocycles. The van der Waals surface area contributed by atoms with E-state index in [1.54, 1.807) is 60.6 Å². The van der Waals surface area contributed by atoms with Crippen molar-refractivity contribution in [2.24, 2.45) is 16.7 Å². The van der Waals surface area contributed by atoms with Crippen molar-refractivity contribution >= 4 is 24.1 Å². The molecule has 0 fully saturated rings. The molecule has 0 heterocycles. The van der Waals surface area contributed by atoms with Gasteiger partial charge in [0.1, 0.15) is 12.1 Å². The van der Waals surface area contributed by atoms with Crippen LogP contribution in [0.4, 0.5) is 4.79 Å². The Kier molecular flexibility index (Phi) is 12.9. The van der Waals surface area contributed by atoms with Gasteiger partial charge in [-0.1, -0.05) is 19.9 Å².